The van der Waals surface area contributed by atoms with Gasteiger partial charge in [0.15, 0.2) is 0 Å². The second kappa shape index (κ2) is 5.83. The predicted molar refractivity (Wildman–Crippen MR) is 83.7 cm³/mol. The largest absolute Gasteiger partial charge is 0.399 e. The molecule has 110 valence electrons. The second-order valence-electron chi connectivity index (χ2n) is 6.28. The van der Waals surface area contributed by atoms with Crippen molar-refractivity contribution >= 4 is 17.3 Å². The van der Waals surface area contributed by atoms with Gasteiger partial charge in [-0.05, 0) is 57.9 Å². The van der Waals surface area contributed by atoms with Crippen molar-refractivity contribution in [2.45, 2.75) is 45.6 Å². The van der Waals surface area contributed by atoms with Gasteiger partial charge in [-0.3, -0.25) is 9.69 Å². The summed E-state index contributed by atoms with van der Waals surface area (Å²) in [5, 5.41) is 2.96. The molecule has 0 radical (unpaired) electrons. The van der Waals surface area contributed by atoms with Crippen molar-refractivity contribution in [2.24, 2.45) is 0 Å². The SMILES string of the molecule is Cc1ccc(N)cc1NC(=O)CCN1CCCC1(C)C. The fourth-order valence-electron chi connectivity index (χ4n) is 2.80. The highest BCUT2D eigenvalue weighted by Gasteiger charge is 2.31. The highest BCUT2D eigenvalue weighted by Crippen LogP contribution is 2.28. The van der Waals surface area contributed by atoms with Crippen LogP contribution in [-0.2, 0) is 4.79 Å². The lowest BCUT2D eigenvalue weighted by molar-refractivity contribution is -0.116. The van der Waals surface area contributed by atoms with E-state index in [-0.39, 0.29) is 11.4 Å². The van der Waals surface area contributed by atoms with Crippen LogP contribution < -0.4 is 11.1 Å². The Balaban J connectivity index is 1.88. The molecule has 1 aromatic carbocycles. The molecule has 1 amide bonds. The molecule has 0 spiro atoms. The predicted octanol–water partition coefficient (Wildman–Crippen LogP) is 2.78. The van der Waals surface area contributed by atoms with Crippen LogP contribution in [0.25, 0.3) is 0 Å². The molecule has 0 aromatic heterocycles. The molecule has 4 nitrogen and oxygen atoms in total. The van der Waals surface area contributed by atoms with Gasteiger partial charge in [0.05, 0.1) is 0 Å². The van der Waals surface area contributed by atoms with E-state index >= 15 is 0 Å². The molecule has 1 aromatic rings. The summed E-state index contributed by atoms with van der Waals surface area (Å²) < 4.78 is 0. The van der Waals surface area contributed by atoms with Gasteiger partial charge in [-0.1, -0.05) is 6.07 Å². The zero-order valence-electron chi connectivity index (χ0n) is 12.7. The molecule has 2 rings (SSSR count). The molecule has 1 aliphatic heterocycles. The van der Waals surface area contributed by atoms with Gasteiger partial charge in [0, 0.05) is 29.9 Å². The minimum atomic E-state index is 0.0569. The van der Waals surface area contributed by atoms with E-state index < -0.39 is 0 Å². The number of hydrogen-bond donors (Lipinski definition) is 2. The number of hydrogen-bond acceptors (Lipinski definition) is 3. The van der Waals surface area contributed by atoms with Gasteiger partial charge in [-0.2, -0.15) is 0 Å². The van der Waals surface area contributed by atoms with Gasteiger partial charge in [0.2, 0.25) is 5.91 Å². The van der Waals surface area contributed by atoms with Gasteiger partial charge >= 0.3 is 0 Å². The third-order valence-electron chi connectivity index (χ3n) is 4.22. The van der Waals surface area contributed by atoms with E-state index in [1.807, 2.05) is 25.1 Å². The van der Waals surface area contributed by atoms with E-state index in [9.17, 15) is 4.79 Å². The normalized spacial score (nSPS) is 18.1. The first-order valence-corrected chi connectivity index (χ1v) is 7.29. The van der Waals surface area contributed by atoms with Gasteiger partial charge < -0.3 is 11.1 Å². The lowest BCUT2D eigenvalue weighted by Crippen LogP contribution is -2.39. The van der Waals surface area contributed by atoms with Crippen LogP contribution >= 0.6 is 0 Å². The van der Waals surface area contributed by atoms with Crippen LogP contribution in [0.15, 0.2) is 18.2 Å². The number of aryl methyl sites for hydroxylation is 1. The fraction of sp³-hybridized carbons (Fsp3) is 0.562. The Hall–Kier alpha value is -1.55. The Morgan fingerprint density at radius 3 is 2.85 bits per heavy atom. The van der Waals surface area contributed by atoms with Gasteiger partial charge in [0.1, 0.15) is 0 Å². The van der Waals surface area contributed by atoms with Crippen LogP contribution in [0.5, 0.6) is 0 Å². The van der Waals surface area contributed by atoms with Gasteiger partial charge in [0.25, 0.3) is 0 Å². The van der Waals surface area contributed by atoms with Crippen LogP contribution in [-0.4, -0.2) is 29.4 Å². The van der Waals surface area contributed by atoms with Crippen molar-refractivity contribution < 1.29 is 4.79 Å². The number of amides is 1. The molecule has 0 atom stereocenters. The van der Waals surface area contributed by atoms with Crippen molar-refractivity contribution in [2.75, 3.05) is 24.1 Å². The molecule has 20 heavy (non-hydrogen) atoms. The van der Waals surface area contributed by atoms with Crippen molar-refractivity contribution in [3.63, 3.8) is 0 Å². The van der Waals surface area contributed by atoms with Crippen molar-refractivity contribution in [1.82, 2.24) is 4.90 Å². The number of carbonyl (C=O) groups excluding carboxylic acids is 1. The molecule has 1 fully saturated rings. The Morgan fingerprint density at radius 1 is 1.45 bits per heavy atom. The van der Waals surface area contributed by atoms with E-state index in [1.165, 1.54) is 12.8 Å². The smallest absolute Gasteiger partial charge is 0.225 e. The van der Waals surface area contributed by atoms with E-state index in [2.05, 4.69) is 24.1 Å². The maximum Gasteiger partial charge on any atom is 0.225 e. The molecule has 0 saturated carbocycles. The number of nitrogens with two attached hydrogens (primary N) is 1. The van der Waals surface area contributed by atoms with E-state index in [1.54, 1.807) is 0 Å². The van der Waals surface area contributed by atoms with Crippen LogP contribution in [0.3, 0.4) is 0 Å². The standard InChI is InChI=1S/C16H25N3O/c1-12-5-6-13(17)11-14(12)18-15(20)7-10-19-9-4-8-16(19,2)3/h5-6,11H,4,7-10,17H2,1-3H3,(H,18,20). The summed E-state index contributed by atoms with van der Waals surface area (Å²) in [5.74, 6) is 0.0569. The Bertz CT molecular complexity index is 496. The minimum Gasteiger partial charge on any atom is -0.399 e. The number of benzene rings is 1. The van der Waals surface area contributed by atoms with Crippen LogP contribution in [0.4, 0.5) is 11.4 Å². The second-order valence-corrected chi connectivity index (χ2v) is 6.28. The molecule has 4 heteroatoms. The van der Waals surface area contributed by atoms with E-state index in [4.69, 9.17) is 5.73 Å². The number of nitrogens with one attached hydrogen (secondary N) is 1. The number of anilines is 2. The number of nitrogen functional groups attached to an aromatic ring is 1. The third kappa shape index (κ3) is 3.51. The first kappa shape index (κ1) is 14.9. The molecule has 0 unspecified atom stereocenters. The lowest BCUT2D eigenvalue weighted by atomic mass is 10.0. The average molecular weight is 275 g/mol. The molecule has 1 heterocycles. The monoisotopic (exact) mass is 275 g/mol. The lowest BCUT2D eigenvalue weighted by Gasteiger charge is -2.31. The number of carbonyl (C=O) groups is 1. The van der Waals surface area contributed by atoms with Crippen LogP contribution in [0.2, 0.25) is 0 Å². The summed E-state index contributed by atoms with van der Waals surface area (Å²) in [4.78, 5) is 14.5. The summed E-state index contributed by atoms with van der Waals surface area (Å²) in [7, 11) is 0. The maximum atomic E-state index is 12.1. The molecular formula is C16H25N3O. The van der Waals surface area contributed by atoms with Crippen LogP contribution in [0.1, 0.15) is 38.7 Å². The number of likely N-dealkylation sites (tertiary alicyclic amines) is 1. The first-order valence-electron chi connectivity index (χ1n) is 7.29. The summed E-state index contributed by atoms with van der Waals surface area (Å²) >= 11 is 0. The minimum absolute atomic E-state index is 0.0569. The molecule has 3 N–H and O–H groups in total. The van der Waals surface area contributed by atoms with E-state index in [0.29, 0.717) is 12.1 Å². The van der Waals surface area contributed by atoms with Gasteiger partial charge in [-0.25, -0.2) is 0 Å². The number of rotatable bonds is 4. The highest BCUT2D eigenvalue weighted by atomic mass is 16.1. The molecule has 1 aliphatic rings. The van der Waals surface area contributed by atoms with E-state index in [0.717, 1.165) is 24.3 Å². The van der Waals surface area contributed by atoms with Gasteiger partial charge in [-0.15, -0.1) is 0 Å². The Kier molecular flexibility index (Phi) is 4.33. The summed E-state index contributed by atoms with van der Waals surface area (Å²) in [6, 6.07) is 5.58. The van der Waals surface area contributed by atoms with Crippen molar-refractivity contribution in [1.29, 1.82) is 0 Å². The Labute approximate surface area is 121 Å². The highest BCUT2D eigenvalue weighted by molar-refractivity contribution is 5.92. The maximum absolute atomic E-state index is 12.1. The topological polar surface area (TPSA) is 58.4 Å². The van der Waals surface area contributed by atoms with Crippen molar-refractivity contribution in [3.05, 3.63) is 23.8 Å². The summed E-state index contributed by atoms with van der Waals surface area (Å²) in [6.45, 7) is 8.39. The molecule has 0 bridgehead atoms. The third-order valence-corrected chi connectivity index (χ3v) is 4.22. The summed E-state index contributed by atoms with van der Waals surface area (Å²) in [5.41, 5.74) is 8.51. The zero-order valence-corrected chi connectivity index (χ0v) is 12.7. The number of nitrogens with zero attached hydrogens (tertiary/aromatic N) is 1. The average Bonchev–Trinajstić information content (AvgIpc) is 2.70. The molecule has 0 aliphatic carbocycles. The van der Waals surface area contributed by atoms with Crippen LogP contribution in [0, 0.1) is 6.92 Å². The van der Waals surface area contributed by atoms with Crippen molar-refractivity contribution in [3.8, 4) is 0 Å². The quantitative estimate of drug-likeness (QED) is 0.831. The Morgan fingerprint density at radius 2 is 2.20 bits per heavy atom. The summed E-state index contributed by atoms with van der Waals surface area (Å²) in [6.07, 6.45) is 2.96. The zero-order chi connectivity index (χ0) is 14.8. The first-order chi connectivity index (χ1) is 9.38. The fourth-order valence-corrected chi connectivity index (χ4v) is 2.80. The molecule has 1 saturated heterocycles. The molecular weight excluding hydrogens is 250 g/mol.